The lowest BCUT2D eigenvalue weighted by molar-refractivity contribution is 0.502. The Morgan fingerprint density at radius 3 is 2.85 bits per heavy atom. The maximum absolute atomic E-state index is 9.25. The van der Waals surface area contributed by atoms with Crippen LogP contribution in [0.1, 0.15) is 41.3 Å². The molecule has 100 valence electrons. The Bertz CT molecular complexity index is 706. The molecule has 1 aromatic carbocycles. The van der Waals surface area contributed by atoms with Gasteiger partial charge in [0.2, 0.25) is 0 Å². The van der Waals surface area contributed by atoms with Crippen molar-refractivity contribution in [3.8, 4) is 6.07 Å². The number of aromatic nitrogens is 1. The zero-order valence-corrected chi connectivity index (χ0v) is 12.3. The fourth-order valence-electron chi connectivity index (χ4n) is 2.93. The Hall–Kier alpha value is -1.92. The Balaban J connectivity index is 2.05. The van der Waals surface area contributed by atoms with E-state index in [1.807, 2.05) is 12.1 Å². The number of rotatable bonds is 2. The summed E-state index contributed by atoms with van der Waals surface area (Å²) in [4.78, 5) is 0.882. The second-order valence-corrected chi connectivity index (χ2v) is 5.67. The van der Waals surface area contributed by atoms with Crippen molar-refractivity contribution < 1.29 is 0 Å². The fourth-order valence-corrected chi connectivity index (χ4v) is 3.34. The summed E-state index contributed by atoms with van der Waals surface area (Å²) in [6, 6.07) is 14.7. The highest BCUT2D eigenvalue weighted by Gasteiger charge is 2.23. The van der Waals surface area contributed by atoms with E-state index in [4.69, 9.17) is 12.2 Å². The Labute approximate surface area is 124 Å². The SMILES string of the molecule is Cc1ccccc1C(=S)c1ccc2n1CCCC2C#N. The van der Waals surface area contributed by atoms with E-state index >= 15 is 0 Å². The third-order valence-corrected chi connectivity index (χ3v) is 4.45. The zero-order chi connectivity index (χ0) is 14.1. The van der Waals surface area contributed by atoms with E-state index in [0.29, 0.717) is 0 Å². The van der Waals surface area contributed by atoms with Crippen molar-refractivity contribution in [2.45, 2.75) is 32.2 Å². The van der Waals surface area contributed by atoms with Crippen molar-refractivity contribution >= 4 is 17.1 Å². The number of nitriles is 1. The molecule has 2 heterocycles. The molecule has 1 aliphatic heterocycles. The largest absolute Gasteiger partial charge is 0.343 e. The van der Waals surface area contributed by atoms with Crippen molar-refractivity contribution in [1.29, 1.82) is 5.26 Å². The second kappa shape index (κ2) is 5.22. The summed E-state index contributed by atoms with van der Waals surface area (Å²) in [5.41, 5.74) is 4.50. The van der Waals surface area contributed by atoms with Gasteiger partial charge in [0.15, 0.2) is 0 Å². The molecule has 0 fully saturated rings. The molecule has 2 nitrogen and oxygen atoms in total. The minimum Gasteiger partial charge on any atom is -0.343 e. The maximum atomic E-state index is 9.25. The Morgan fingerprint density at radius 1 is 1.30 bits per heavy atom. The van der Waals surface area contributed by atoms with Crippen LogP contribution in [-0.4, -0.2) is 9.43 Å². The number of aryl methyl sites for hydroxylation is 1. The molecule has 0 radical (unpaired) electrons. The molecule has 0 saturated heterocycles. The number of hydrogen-bond acceptors (Lipinski definition) is 2. The Kier molecular flexibility index (Phi) is 3.42. The molecule has 0 spiro atoms. The molecule has 0 bridgehead atoms. The molecule has 20 heavy (non-hydrogen) atoms. The molecule has 3 rings (SSSR count). The predicted molar refractivity (Wildman–Crippen MR) is 84.0 cm³/mol. The topological polar surface area (TPSA) is 28.7 Å². The van der Waals surface area contributed by atoms with Crippen LogP contribution in [0.4, 0.5) is 0 Å². The summed E-state index contributed by atoms with van der Waals surface area (Å²) >= 11 is 5.68. The average Bonchev–Trinajstić information content (AvgIpc) is 2.91. The van der Waals surface area contributed by atoms with Crippen molar-refractivity contribution in [2.75, 3.05) is 0 Å². The summed E-state index contributed by atoms with van der Waals surface area (Å²) in [6.45, 7) is 3.04. The van der Waals surface area contributed by atoms with Gasteiger partial charge < -0.3 is 4.57 Å². The lowest BCUT2D eigenvalue weighted by Gasteiger charge is -2.22. The monoisotopic (exact) mass is 280 g/mol. The lowest BCUT2D eigenvalue weighted by atomic mass is 9.98. The summed E-state index contributed by atoms with van der Waals surface area (Å²) in [5.74, 6) is 0.0113. The first-order chi connectivity index (χ1) is 9.72. The van der Waals surface area contributed by atoms with Gasteiger partial charge in [-0.05, 0) is 43.0 Å². The first-order valence-electron chi connectivity index (χ1n) is 6.91. The van der Waals surface area contributed by atoms with Crippen LogP contribution in [-0.2, 0) is 6.54 Å². The zero-order valence-electron chi connectivity index (χ0n) is 11.5. The molecule has 0 amide bonds. The van der Waals surface area contributed by atoms with E-state index in [0.717, 1.165) is 41.2 Å². The van der Waals surface area contributed by atoms with Gasteiger partial charge in [0.1, 0.15) is 0 Å². The summed E-state index contributed by atoms with van der Waals surface area (Å²) in [7, 11) is 0. The number of hydrogen-bond donors (Lipinski definition) is 0. The summed E-state index contributed by atoms with van der Waals surface area (Å²) in [5, 5.41) is 9.25. The average molecular weight is 280 g/mol. The van der Waals surface area contributed by atoms with Gasteiger partial charge in [0.05, 0.1) is 22.5 Å². The van der Waals surface area contributed by atoms with E-state index in [2.05, 4.69) is 41.8 Å². The third kappa shape index (κ3) is 2.07. The fraction of sp³-hybridized carbons (Fsp3) is 0.294. The van der Waals surface area contributed by atoms with Crippen LogP contribution >= 0.6 is 12.2 Å². The van der Waals surface area contributed by atoms with E-state index in [1.54, 1.807) is 0 Å². The van der Waals surface area contributed by atoms with Crippen molar-refractivity contribution in [3.63, 3.8) is 0 Å². The molecule has 0 aliphatic carbocycles. The standard InChI is InChI=1S/C17H16N2S/c1-12-5-2-3-7-14(12)17(20)16-9-8-15-13(11-18)6-4-10-19(15)16/h2-3,5,7-9,13H,4,6,10H2,1H3. The molecule has 2 aromatic rings. The van der Waals surface area contributed by atoms with Gasteiger partial charge in [0.25, 0.3) is 0 Å². The van der Waals surface area contributed by atoms with E-state index in [-0.39, 0.29) is 5.92 Å². The molecule has 3 heteroatoms. The highest BCUT2D eigenvalue weighted by molar-refractivity contribution is 7.81. The van der Waals surface area contributed by atoms with Gasteiger partial charge >= 0.3 is 0 Å². The Morgan fingerprint density at radius 2 is 2.10 bits per heavy atom. The first kappa shape index (κ1) is 13.1. The van der Waals surface area contributed by atoms with Crippen molar-refractivity contribution in [1.82, 2.24) is 4.57 Å². The number of fused-ring (bicyclic) bond motifs is 1. The van der Waals surface area contributed by atoms with Crippen LogP contribution in [0.2, 0.25) is 0 Å². The van der Waals surface area contributed by atoms with E-state index in [9.17, 15) is 5.26 Å². The molecular weight excluding hydrogens is 264 g/mol. The summed E-state index contributed by atoms with van der Waals surface area (Å²) in [6.07, 6.45) is 2.00. The van der Waals surface area contributed by atoms with Crippen LogP contribution in [0, 0.1) is 18.3 Å². The summed E-state index contributed by atoms with van der Waals surface area (Å²) < 4.78 is 2.23. The molecule has 1 atom stereocenters. The van der Waals surface area contributed by atoms with Crippen molar-refractivity contribution in [2.24, 2.45) is 0 Å². The quantitative estimate of drug-likeness (QED) is 0.615. The molecule has 1 unspecified atom stereocenters. The van der Waals surface area contributed by atoms with Crippen LogP contribution in [0.3, 0.4) is 0 Å². The van der Waals surface area contributed by atoms with Gasteiger partial charge in [0, 0.05) is 12.2 Å². The molecule has 1 aliphatic rings. The number of nitrogens with zero attached hydrogens (tertiary/aromatic N) is 2. The molecule has 1 aromatic heterocycles. The van der Waals surface area contributed by atoms with Gasteiger partial charge in [-0.2, -0.15) is 5.26 Å². The van der Waals surface area contributed by atoms with Crippen LogP contribution < -0.4 is 0 Å². The van der Waals surface area contributed by atoms with Gasteiger partial charge in [-0.25, -0.2) is 0 Å². The van der Waals surface area contributed by atoms with Gasteiger partial charge in [-0.15, -0.1) is 0 Å². The molecule has 0 N–H and O–H groups in total. The van der Waals surface area contributed by atoms with Gasteiger partial charge in [-0.3, -0.25) is 0 Å². The normalized spacial score (nSPS) is 17.3. The molecule has 0 saturated carbocycles. The maximum Gasteiger partial charge on any atom is 0.0865 e. The molecular formula is C17H16N2S. The predicted octanol–water partition coefficient (Wildman–Crippen LogP) is 3.96. The second-order valence-electron chi connectivity index (χ2n) is 5.26. The highest BCUT2D eigenvalue weighted by Crippen LogP contribution is 2.30. The van der Waals surface area contributed by atoms with Crippen LogP contribution in [0.5, 0.6) is 0 Å². The number of benzene rings is 1. The van der Waals surface area contributed by atoms with Crippen LogP contribution in [0.15, 0.2) is 36.4 Å². The van der Waals surface area contributed by atoms with E-state index in [1.165, 1.54) is 5.56 Å². The minimum absolute atomic E-state index is 0.0113. The van der Waals surface area contributed by atoms with E-state index < -0.39 is 0 Å². The van der Waals surface area contributed by atoms with Crippen LogP contribution in [0.25, 0.3) is 0 Å². The number of thiocarbonyl (C=S) groups is 1. The van der Waals surface area contributed by atoms with Crippen molar-refractivity contribution in [3.05, 3.63) is 58.9 Å². The first-order valence-corrected chi connectivity index (χ1v) is 7.32. The smallest absolute Gasteiger partial charge is 0.0865 e. The minimum atomic E-state index is 0.0113. The third-order valence-electron chi connectivity index (χ3n) is 4.02. The highest BCUT2D eigenvalue weighted by atomic mass is 32.1. The van der Waals surface area contributed by atoms with Gasteiger partial charge in [-0.1, -0.05) is 36.5 Å². The lowest BCUT2D eigenvalue weighted by Crippen LogP contribution is -2.18.